The molecule has 0 saturated heterocycles. The summed E-state index contributed by atoms with van der Waals surface area (Å²) < 4.78 is 10.5. The largest absolute Gasteiger partial charge is 0.481 e. The molecule has 0 spiro atoms. The van der Waals surface area contributed by atoms with Gasteiger partial charge in [0, 0.05) is 25.9 Å². The van der Waals surface area contributed by atoms with Crippen LogP contribution in [0.5, 0.6) is 0 Å². The number of carboxylic acids is 1. The summed E-state index contributed by atoms with van der Waals surface area (Å²) in [4.78, 5) is 77.0. The van der Waals surface area contributed by atoms with Gasteiger partial charge in [0.2, 0.25) is 17.7 Å². The lowest BCUT2D eigenvalue weighted by molar-refractivity contribution is -0.138. The van der Waals surface area contributed by atoms with Gasteiger partial charge < -0.3 is 46.3 Å². The Morgan fingerprint density at radius 1 is 0.635 bits per heavy atom. The summed E-state index contributed by atoms with van der Waals surface area (Å²) in [6.45, 7) is 10.0. The predicted octanol–water partition coefficient (Wildman–Crippen LogP) is 2.59. The Labute approximate surface area is 304 Å². The molecule has 5 amide bonds. The van der Waals surface area contributed by atoms with E-state index >= 15 is 0 Å². The Balaban J connectivity index is 2.26. The van der Waals surface area contributed by atoms with Crippen LogP contribution in [-0.4, -0.2) is 94.6 Å². The fraction of sp³-hybridized carbons (Fsp3) is 0.514. The van der Waals surface area contributed by atoms with Crippen molar-refractivity contribution in [3.8, 4) is 0 Å². The highest BCUT2D eigenvalue weighted by molar-refractivity contribution is 5.94. The fourth-order valence-electron chi connectivity index (χ4n) is 4.81. The van der Waals surface area contributed by atoms with Gasteiger partial charge in [-0.05, 0) is 71.9 Å². The van der Waals surface area contributed by atoms with Crippen LogP contribution in [0.2, 0.25) is 0 Å². The van der Waals surface area contributed by atoms with Gasteiger partial charge in [-0.25, -0.2) is 9.59 Å². The van der Waals surface area contributed by atoms with E-state index < -0.39 is 77.7 Å². The molecule has 15 heteroatoms. The highest BCUT2D eigenvalue weighted by Gasteiger charge is 2.34. The van der Waals surface area contributed by atoms with Gasteiger partial charge in [0.1, 0.15) is 29.3 Å². The highest BCUT2D eigenvalue weighted by Crippen LogP contribution is 2.13. The van der Waals surface area contributed by atoms with Gasteiger partial charge in [0.15, 0.2) is 0 Å². The summed E-state index contributed by atoms with van der Waals surface area (Å²) in [5.74, 6) is -3.68. The molecular weight excluding hydrogens is 674 g/mol. The lowest BCUT2D eigenvalue weighted by Gasteiger charge is -2.28. The SMILES string of the molecule is CC(C)(C)OC(=O)NCCNC(=O)[C@H](Cc1ccccc1)NC(=O)[C@H](CCC(=O)O)NC(=O)[C@@H](NC(=O)OC(C)(C)C)[C@@H](O)CCc1ccccc1. The number of hydrogen-bond acceptors (Lipinski definition) is 9. The van der Waals surface area contributed by atoms with Crippen molar-refractivity contribution in [2.24, 2.45) is 0 Å². The molecule has 15 nitrogen and oxygen atoms in total. The van der Waals surface area contributed by atoms with Crippen molar-refractivity contribution < 1.29 is 48.5 Å². The standard InChI is InChI=1S/C37H53N5O10/c1-36(2,3)51-34(49)39-22-21-38-31(46)27(23-25-15-11-8-12-16-25)41-32(47)26(18-20-29(44)45)40-33(48)30(42-35(50)52-37(4,5)6)28(43)19-17-24-13-9-7-10-14-24/h7-16,26-28,30,43H,17-23H2,1-6H3,(H,38,46)(H,39,49)(H,40,48)(H,41,47)(H,42,50)(H,44,45)/t26-,27-,28-,30-/m0/s1. The molecule has 7 N–H and O–H groups in total. The molecule has 0 heterocycles. The summed E-state index contributed by atoms with van der Waals surface area (Å²) in [5, 5.41) is 33.2. The first-order valence-electron chi connectivity index (χ1n) is 17.2. The Morgan fingerprint density at radius 2 is 1.15 bits per heavy atom. The van der Waals surface area contributed by atoms with E-state index in [9.17, 15) is 39.0 Å². The maximum Gasteiger partial charge on any atom is 0.408 e. The van der Waals surface area contributed by atoms with Crippen LogP contribution < -0.4 is 26.6 Å². The summed E-state index contributed by atoms with van der Waals surface area (Å²) in [5.41, 5.74) is -0.0644. The van der Waals surface area contributed by atoms with E-state index in [1.165, 1.54) is 0 Å². The smallest absolute Gasteiger partial charge is 0.408 e. The molecule has 0 radical (unpaired) electrons. The molecule has 4 atom stereocenters. The van der Waals surface area contributed by atoms with Crippen LogP contribution in [0.1, 0.15) is 71.9 Å². The van der Waals surface area contributed by atoms with Gasteiger partial charge in [0.05, 0.1) is 6.10 Å². The third-order valence-corrected chi connectivity index (χ3v) is 7.20. The van der Waals surface area contributed by atoms with E-state index in [-0.39, 0.29) is 32.4 Å². The van der Waals surface area contributed by atoms with Crippen molar-refractivity contribution in [1.82, 2.24) is 26.6 Å². The van der Waals surface area contributed by atoms with E-state index in [1.807, 2.05) is 30.3 Å². The molecule has 2 aromatic carbocycles. The fourth-order valence-corrected chi connectivity index (χ4v) is 4.81. The molecule has 286 valence electrons. The number of aliphatic hydroxyl groups is 1. The number of amides is 5. The van der Waals surface area contributed by atoms with Crippen LogP contribution in [0.25, 0.3) is 0 Å². The molecule has 0 saturated carbocycles. The first-order chi connectivity index (χ1) is 24.3. The van der Waals surface area contributed by atoms with Gasteiger partial charge in [-0.2, -0.15) is 0 Å². The molecule has 0 bridgehead atoms. The Bertz CT molecular complexity index is 1480. The normalized spacial score (nSPS) is 13.7. The molecule has 0 fully saturated rings. The second-order valence-electron chi connectivity index (χ2n) is 14.2. The zero-order valence-corrected chi connectivity index (χ0v) is 30.7. The monoisotopic (exact) mass is 727 g/mol. The van der Waals surface area contributed by atoms with E-state index in [4.69, 9.17) is 9.47 Å². The van der Waals surface area contributed by atoms with E-state index in [2.05, 4.69) is 26.6 Å². The Morgan fingerprint density at radius 3 is 1.71 bits per heavy atom. The molecule has 0 aromatic heterocycles. The number of alkyl carbamates (subject to hydrolysis) is 2. The third-order valence-electron chi connectivity index (χ3n) is 7.20. The first-order valence-corrected chi connectivity index (χ1v) is 17.2. The van der Waals surface area contributed by atoms with Gasteiger partial charge in [-0.15, -0.1) is 0 Å². The number of ether oxygens (including phenoxy) is 2. The van der Waals surface area contributed by atoms with Gasteiger partial charge >= 0.3 is 18.2 Å². The number of carbonyl (C=O) groups is 6. The maximum absolute atomic E-state index is 13.7. The average Bonchev–Trinajstić information content (AvgIpc) is 3.05. The van der Waals surface area contributed by atoms with Crippen LogP contribution in [-0.2, 0) is 41.5 Å². The van der Waals surface area contributed by atoms with Crippen molar-refractivity contribution in [3.05, 3.63) is 71.8 Å². The zero-order chi connectivity index (χ0) is 38.9. The minimum absolute atomic E-state index is 0.00268. The number of nitrogens with one attached hydrogen (secondary N) is 5. The molecule has 0 unspecified atom stereocenters. The third kappa shape index (κ3) is 17.7. The second-order valence-corrected chi connectivity index (χ2v) is 14.2. The van der Waals surface area contributed by atoms with Crippen LogP contribution in [0.4, 0.5) is 9.59 Å². The number of benzene rings is 2. The lowest BCUT2D eigenvalue weighted by Crippen LogP contribution is -2.59. The molecular formula is C37H53N5O10. The summed E-state index contributed by atoms with van der Waals surface area (Å²) in [7, 11) is 0. The number of carboxylic acid groups (broad SMARTS) is 1. The lowest BCUT2D eigenvalue weighted by atomic mass is 10.0. The average molecular weight is 728 g/mol. The minimum atomic E-state index is -1.58. The number of aryl methyl sites for hydroxylation is 1. The van der Waals surface area contributed by atoms with Crippen LogP contribution >= 0.6 is 0 Å². The van der Waals surface area contributed by atoms with Gasteiger partial charge in [-0.1, -0.05) is 60.7 Å². The number of carbonyl (C=O) groups excluding carboxylic acids is 5. The van der Waals surface area contributed by atoms with Crippen LogP contribution in [0.15, 0.2) is 60.7 Å². The van der Waals surface area contributed by atoms with Gasteiger partial charge in [0.25, 0.3) is 0 Å². The molecule has 2 aromatic rings. The number of aliphatic hydroxyl groups excluding tert-OH is 1. The highest BCUT2D eigenvalue weighted by atomic mass is 16.6. The molecule has 2 rings (SSSR count). The summed E-state index contributed by atoms with van der Waals surface area (Å²) in [6, 6.07) is 13.7. The molecule has 0 aliphatic heterocycles. The first kappa shape index (κ1) is 43.0. The maximum atomic E-state index is 13.7. The van der Waals surface area contributed by atoms with Gasteiger partial charge in [-0.3, -0.25) is 19.2 Å². The predicted molar refractivity (Wildman–Crippen MR) is 192 cm³/mol. The summed E-state index contributed by atoms with van der Waals surface area (Å²) >= 11 is 0. The summed E-state index contributed by atoms with van der Waals surface area (Å²) in [6.07, 6.45) is -3.53. The molecule has 0 aliphatic rings. The van der Waals surface area contributed by atoms with Crippen molar-refractivity contribution in [2.75, 3.05) is 13.1 Å². The minimum Gasteiger partial charge on any atom is -0.481 e. The van der Waals surface area contributed by atoms with Crippen molar-refractivity contribution in [1.29, 1.82) is 0 Å². The van der Waals surface area contributed by atoms with E-state index in [0.29, 0.717) is 12.0 Å². The topological polar surface area (TPSA) is 221 Å². The number of aliphatic carboxylic acids is 1. The quantitative estimate of drug-likeness (QED) is 0.111. The van der Waals surface area contributed by atoms with E-state index in [0.717, 1.165) is 5.56 Å². The Hall–Kier alpha value is -5.18. The van der Waals surface area contributed by atoms with E-state index in [1.54, 1.807) is 71.9 Å². The number of rotatable bonds is 18. The molecule has 0 aliphatic carbocycles. The molecule has 52 heavy (non-hydrogen) atoms. The van der Waals surface area contributed by atoms with Crippen molar-refractivity contribution >= 4 is 35.9 Å². The Kier molecular flexibility index (Phi) is 17.0. The van der Waals surface area contributed by atoms with Crippen molar-refractivity contribution in [3.63, 3.8) is 0 Å². The zero-order valence-electron chi connectivity index (χ0n) is 30.7. The second kappa shape index (κ2) is 20.6. The van der Waals surface area contributed by atoms with Crippen molar-refractivity contribution in [2.45, 2.75) is 109 Å². The van der Waals surface area contributed by atoms with Crippen LogP contribution in [0, 0.1) is 0 Å². The number of hydrogen-bond donors (Lipinski definition) is 7. The van der Waals surface area contributed by atoms with Crippen LogP contribution in [0.3, 0.4) is 0 Å².